The summed E-state index contributed by atoms with van der Waals surface area (Å²) < 4.78 is 27.1. The number of benzene rings is 1. The van der Waals surface area contributed by atoms with Crippen molar-refractivity contribution in [3.05, 3.63) is 34.9 Å². The Kier molecular flexibility index (Phi) is 5.26. The van der Waals surface area contributed by atoms with Crippen molar-refractivity contribution in [2.45, 2.75) is 32.2 Å². The van der Waals surface area contributed by atoms with Gasteiger partial charge in [-0.1, -0.05) is 30.7 Å². The normalized spacial score (nSPS) is 22.5. The smallest absolute Gasteiger partial charge is 0.212 e. The summed E-state index contributed by atoms with van der Waals surface area (Å²) in [6.07, 6.45) is 1.64. The molecule has 1 aromatic rings. The molecule has 1 fully saturated rings. The minimum Gasteiger partial charge on any atom is -0.212 e. The van der Waals surface area contributed by atoms with Crippen LogP contribution in [-0.2, 0) is 10.0 Å². The van der Waals surface area contributed by atoms with E-state index in [1.807, 2.05) is 18.2 Å². The lowest BCUT2D eigenvalue weighted by Crippen LogP contribution is -2.32. The maximum absolute atomic E-state index is 12.1. The van der Waals surface area contributed by atoms with Crippen LogP contribution in [0, 0.1) is 23.2 Å². The molecule has 0 aliphatic heterocycles. The lowest BCUT2D eigenvalue weighted by atomic mass is 10.0. The van der Waals surface area contributed by atoms with E-state index in [9.17, 15) is 8.42 Å². The van der Waals surface area contributed by atoms with Gasteiger partial charge in [0.2, 0.25) is 10.0 Å². The Morgan fingerprint density at radius 1 is 1.43 bits per heavy atom. The quantitative estimate of drug-likeness (QED) is 0.782. The molecule has 21 heavy (non-hydrogen) atoms. The van der Waals surface area contributed by atoms with Gasteiger partial charge in [-0.15, -0.1) is 0 Å². The lowest BCUT2D eigenvalue weighted by Gasteiger charge is -2.19. The Balaban J connectivity index is 2.11. The SMILES string of the molecule is C[C@H]1C[C@H]1[C@@H](NS(=O)(=O)CCCC#N)c1ccc(Cl)cc1. The van der Waals surface area contributed by atoms with Gasteiger partial charge in [0.05, 0.1) is 11.8 Å². The minimum atomic E-state index is -3.37. The van der Waals surface area contributed by atoms with Gasteiger partial charge >= 0.3 is 0 Å². The maximum Gasteiger partial charge on any atom is 0.212 e. The Morgan fingerprint density at radius 3 is 2.57 bits per heavy atom. The van der Waals surface area contributed by atoms with Crippen molar-refractivity contribution in [2.24, 2.45) is 11.8 Å². The van der Waals surface area contributed by atoms with Gasteiger partial charge in [0.25, 0.3) is 0 Å². The molecule has 0 saturated heterocycles. The average molecular weight is 327 g/mol. The first-order valence-corrected chi connectivity index (χ1v) is 9.08. The highest BCUT2D eigenvalue weighted by molar-refractivity contribution is 7.89. The van der Waals surface area contributed by atoms with Crippen LogP contribution in [0.2, 0.25) is 5.02 Å². The first-order chi connectivity index (χ1) is 9.93. The van der Waals surface area contributed by atoms with Crippen LogP contribution >= 0.6 is 11.6 Å². The van der Waals surface area contributed by atoms with E-state index in [4.69, 9.17) is 16.9 Å². The zero-order valence-electron chi connectivity index (χ0n) is 11.9. The Morgan fingerprint density at radius 2 is 2.05 bits per heavy atom. The minimum absolute atomic E-state index is 0.00818. The molecule has 0 aromatic heterocycles. The molecule has 1 aliphatic carbocycles. The predicted molar refractivity (Wildman–Crippen MR) is 83.2 cm³/mol. The maximum atomic E-state index is 12.1. The van der Waals surface area contributed by atoms with Crippen molar-refractivity contribution in [3.8, 4) is 6.07 Å². The number of halogens is 1. The van der Waals surface area contributed by atoms with Crippen LogP contribution in [0.3, 0.4) is 0 Å². The van der Waals surface area contributed by atoms with E-state index < -0.39 is 10.0 Å². The summed E-state index contributed by atoms with van der Waals surface area (Å²) in [6, 6.07) is 9.06. The van der Waals surface area contributed by atoms with E-state index in [-0.39, 0.29) is 18.2 Å². The molecule has 0 radical (unpaired) electrons. The fourth-order valence-corrected chi connectivity index (χ4v) is 3.95. The van der Waals surface area contributed by atoms with E-state index in [0.717, 1.165) is 12.0 Å². The zero-order valence-corrected chi connectivity index (χ0v) is 13.5. The molecule has 0 heterocycles. The van der Waals surface area contributed by atoms with Gasteiger partial charge in [0.15, 0.2) is 0 Å². The number of nitriles is 1. The molecule has 0 amide bonds. The number of nitrogens with one attached hydrogen (secondary N) is 1. The van der Waals surface area contributed by atoms with Crippen LogP contribution in [0.4, 0.5) is 0 Å². The Bertz CT molecular complexity index is 622. The van der Waals surface area contributed by atoms with E-state index in [1.165, 1.54) is 0 Å². The highest BCUT2D eigenvalue weighted by Crippen LogP contribution is 2.47. The van der Waals surface area contributed by atoms with Crippen molar-refractivity contribution in [1.29, 1.82) is 5.26 Å². The molecular formula is C15H19ClN2O2S. The molecule has 6 heteroatoms. The van der Waals surface area contributed by atoms with Crippen LogP contribution < -0.4 is 4.72 Å². The second-order valence-corrected chi connectivity index (χ2v) is 7.91. The molecule has 3 atom stereocenters. The number of hydrogen-bond donors (Lipinski definition) is 1. The number of sulfonamides is 1. The Labute approximate surface area is 131 Å². The summed E-state index contributed by atoms with van der Waals surface area (Å²) in [5, 5.41) is 9.14. The molecule has 2 rings (SSSR count). The molecule has 0 spiro atoms. The third kappa shape index (κ3) is 4.70. The van der Waals surface area contributed by atoms with Gasteiger partial charge in [0.1, 0.15) is 0 Å². The van der Waals surface area contributed by atoms with Crippen molar-refractivity contribution in [3.63, 3.8) is 0 Å². The van der Waals surface area contributed by atoms with Crippen LogP contribution in [-0.4, -0.2) is 14.2 Å². The third-order valence-corrected chi connectivity index (χ3v) is 5.53. The third-order valence-electron chi connectivity index (χ3n) is 3.84. The monoisotopic (exact) mass is 326 g/mol. The van der Waals surface area contributed by atoms with E-state index >= 15 is 0 Å². The second kappa shape index (κ2) is 6.78. The topological polar surface area (TPSA) is 70.0 Å². The highest BCUT2D eigenvalue weighted by atomic mass is 35.5. The molecular weight excluding hydrogens is 308 g/mol. The lowest BCUT2D eigenvalue weighted by molar-refractivity contribution is 0.512. The van der Waals surface area contributed by atoms with Crippen molar-refractivity contribution >= 4 is 21.6 Å². The van der Waals surface area contributed by atoms with Gasteiger partial charge in [0, 0.05) is 17.5 Å². The van der Waals surface area contributed by atoms with Gasteiger partial charge in [-0.25, -0.2) is 13.1 Å². The summed E-state index contributed by atoms with van der Waals surface area (Å²) in [7, 11) is -3.37. The van der Waals surface area contributed by atoms with Crippen LogP contribution in [0.1, 0.15) is 37.8 Å². The molecule has 4 nitrogen and oxygen atoms in total. The summed E-state index contributed by atoms with van der Waals surface area (Å²) >= 11 is 5.89. The van der Waals surface area contributed by atoms with E-state index in [1.54, 1.807) is 12.1 Å². The van der Waals surface area contributed by atoms with Crippen LogP contribution in [0.15, 0.2) is 24.3 Å². The Hall–Kier alpha value is -1.09. The fourth-order valence-electron chi connectivity index (χ4n) is 2.48. The summed E-state index contributed by atoms with van der Waals surface area (Å²) in [4.78, 5) is 0. The number of unbranched alkanes of at least 4 members (excludes halogenated alkanes) is 1. The van der Waals surface area contributed by atoms with E-state index in [0.29, 0.717) is 23.3 Å². The molecule has 0 unspecified atom stereocenters. The van der Waals surface area contributed by atoms with Gasteiger partial charge in [-0.2, -0.15) is 5.26 Å². The van der Waals surface area contributed by atoms with Gasteiger partial charge in [-0.05, 0) is 42.4 Å². The molecule has 114 valence electrons. The van der Waals surface area contributed by atoms with Crippen LogP contribution in [0.5, 0.6) is 0 Å². The fraction of sp³-hybridized carbons (Fsp3) is 0.533. The molecule has 1 saturated carbocycles. The van der Waals surface area contributed by atoms with E-state index in [2.05, 4.69) is 11.6 Å². The highest BCUT2D eigenvalue weighted by Gasteiger charge is 2.41. The van der Waals surface area contributed by atoms with Crippen molar-refractivity contribution in [1.82, 2.24) is 4.72 Å². The zero-order chi connectivity index (χ0) is 15.5. The molecule has 0 bridgehead atoms. The number of hydrogen-bond acceptors (Lipinski definition) is 3. The average Bonchev–Trinajstić information content (AvgIpc) is 3.14. The second-order valence-electron chi connectivity index (χ2n) is 5.60. The summed E-state index contributed by atoms with van der Waals surface area (Å²) in [6.45, 7) is 2.12. The molecule has 1 aromatic carbocycles. The van der Waals surface area contributed by atoms with Crippen molar-refractivity contribution < 1.29 is 8.42 Å². The van der Waals surface area contributed by atoms with Gasteiger partial charge < -0.3 is 0 Å². The predicted octanol–water partition coefficient (Wildman–Crippen LogP) is 3.26. The standard InChI is InChI=1S/C15H19ClN2O2S/c1-11-10-14(11)15(12-4-6-13(16)7-5-12)18-21(19,20)9-3-2-8-17/h4-7,11,14-15,18H,2-3,9-10H2,1H3/t11-,14+,15-/m0/s1. The summed E-state index contributed by atoms with van der Waals surface area (Å²) in [5.74, 6) is 0.843. The number of nitrogens with zero attached hydrogens (tertiary/aromatic N) is 1. The first-order valence-electron chi connectivity index (χ1n) is 7.05. The van der Waals surface area contributed by atoms with Crippen LogP contribution in [0.25, 0.3) is 0 Å². The van der Waals surface area contributed by atoms with Crippen molar-refractivity contribution in [2.75, 3.05) is 5.75 Å². The molecule has 1 aliphatic rings. The largest absolute Gasteiger partial charge is 0.212 e. The first kappa shape index (κ1) is 16.3. The summed E-state index contributed by atoms with van der Waals surface area (Å²) in [5.41, 5.74) is 0.942. The number of rotatable bonds is 7. The van der Waals surface area contributed by atoms with Gasteiger partial charge in [-0.3, -0.25) is 0 Å². The molecule has 1 N–H and O–H groups in total.